The van der Waals surface area contributed by atoms with Crippen LogP contribution in [-0.4, -0.2) is 19.4 Å². The zero-order valence-corrected chi connectivity index (χ0v) is 12.6. The van der Waals surface area contributed by atoms with Gasteiger partial charge in [0.05, 0.1) is 6.61 Å². The van der Waals surface area contributed by atoms with Crippen molar-refractivity contribution < 1.29 is 4.43 Å². The van der Waals surface area contributed by atoms with E-state index >= 15 is 0 Å². The van der Waals surface area contributed by atoms with Gasteiger partial charge in [0.2, 0.25) is 0 Å². The minimum Gasteiger partial charge on any atom is -0.413 e. The average Bonchev–Trinajstić information content (AvgIpc) is 1.98. The van der Waals surface area contributed by atoms with Crippen LogP contribution in [0.1, 0.15) is 20.8 Å². The molecule has 0 aromatic carbocycles. The number of rotatable bonds is 4. The van der Waals surface area contributed by atoms with E-state index in [1.807, 2.05) is 0 Å². The lowest BCUT2D eigenvalue weighted by atomic mass is 10.2. The van der Waals surface area contributed by atoms with Crippen LogP contribution in [0.5, 0.6) is 0 Å². The first-order valence-corrected chi connectivity index (χ1v) is 9.00. The van der Waals surface area contributed by atoms with E-state index in [0.29, 0.717) is 5.04 Å². The number of halogens is 1. The van der Waals surface area contributed by atoms with Crippen molar-refractivity contribution >= 4 is 30.9 Å². The molecule has 0 aromatic heterocycles. The lowest BCUT2D eigenvalue weighted by Gasteiger charge is -2.36. The summed E-state index contributed by atoms with van der Waals surface area (Å²) < 4.78 is 6.97. The Balaban J connectivity index is 4.12. The summed E-state index contributed by atoms with van der Waals surface area (Å²) in [7, 11) is -1.55. The Morgan fingerprint density at radius 1 is 1.38 bits per heavy atom. The van der Waals surface area contributed by atoms with E-state index in [-0.39, 0.29) is 0 Å². The van der Waals surface area contributed by atoms with Crippen LogP contribution in [0.3, 0.4) is 0 Å². The van der Waals surface area contributed by atoms with E-state index in [1.54, 1.807) is 0 Å². The van der Waals surface area contributed by atoms with E-state index in [2.05, 4.69) is 63.0 Å². The predicted molar refractivity (Wildman–Crippen MR) is 71.2 cm³/mol. The molecule has 0 aliphatic heterocycles. The van der Waals surface area contributed by atoms with Crippen LogP contribution in [0, 0.1) is 0 Å². The maximum Gasteiger partial charge on any atom is 0.192 e. The number of alkyl halides is 1. The second-order valence-corrected chi connectivity index (χ2v) is 10.5. The molecular weight excluding hydrogens is 291 g/mol. The monoisotopic (exact) mass is 312 g/mol. The predicted octanol–water partition coefficient (Wildman–Crippen LogP) is 4.00. The molecule has 0 aliphatic rings. The molecule has 0 atom stereocenters. The molecule has 0 bridgehead atoms. The molecule has 0 fully saturated rings. The van der Waals surface area contributed by atoms with E-state index < -0.39 is 8.32 Å². The smallest absolute Gasteiger partial charge is 0.192 e. The van der Waals surface area contributed by atoms with Gasteiger partial charge in [-0.15, -0.1) is 0 Å². The SMILES string of the molecule is C=C(CI)CO[Si](C)(C)C(C)(C)C. The molecule has 0 amide bonds. The minimum atomic E-state index is -1.55. The van der Waals surface area contributed by atoms with Gasteiger partial charge in [-0.25, -0.2) is 0 Å². The molecule has 13 heavy (non-hydrogen) atoms. The van der Waals surface area contributed by atoms with Gasteiger partial charge in [-0.1, -0.05) is 49.9 Å². The third kappa shape index (κ3) is 4.60. The van der Waals surface area contributed by atoms with E-state index in [0.717, 1.165) is 11.0 Å². The van der Waals surface area contributed by atoms with Crippen molar-refractivity contribution in [3.8, 4) is 0 Å². The summed E-state index contributed by atoms with van der Waals surface area (Å²) in [6, 6.07) is 0. The average molecular weight is 312 g/mol. The van der Waals surface area contributed by atoms with Crippen molar-refractivity contribution in [2.45, 2.75) is 38.9 Å². The molecule has 0 aromatic rings. The van der Waals surface area contributed by atoms with Gasteiger partial charge in [-0.3, -0.25) is 0 Å². The Kier molecular flexibility index (Phi) is 5.18. The van der Waals surface area contributed by atoms with Crippen LogP contribution in [0.2, 0.25) is 18.1 Å². The highest BCUT2D eigenvalue weighted by Gasteiger charge is 2.36. The van der Waals surface area contributed by atoms with Gasteiger partial charge in [0.25, 0.3) is 0 Å². The lowest BCUT2D eigenvalue weighted by molar-refractivity contribution is 0.320. The topological polar surface area (TPSA) is 9.23 Å². The van der Waals surface area contributed by atoms with Gasteiger partial charge in [0.15, 0.2) is 8.32 Å². The maximum atomic E-state index is 5.98. The molecule has 0 rings (SSSR count). The Morgan fingerprint density at radius 2 is 1.85 bits per heavy atom. The maximum absolute atomic E-state index is 5.98. The molecule has 0 saturated heterocycles. The number of hydrogen-bond acceptors (Lipinski definition) is 1. The van der Waals surface area contributed by atoms with Crippen LogP contribution in [0.15, 0.2) is 12.2 Å². The highest BCUT2D eigenvalue weighted by Crippen LogP contribution is 2.36. The molecule has 0 saturated carbocycles. The van der Waals surface area contributed by atoms with Crippen LogP contribution in [0.25, 0.3) is 0 Å². The Labute approximate surface area is 97.2 Å². The third-order valence-electron chi connectivity index (χ3n) is 2.63. The molecule has 0 aliphatic carbocycles. The highest BCUT2D eigenvalue weighted by atomic mass is 127. The molecule has 0 unspecified atom stereocenters. The Bertz CT molecular complexity index is 182. The normalized spacial score (nSPS) is 13.1. The second-order valence-electron chi connectivity index (χ2n) is 4.93. The van der Waals surface area contributed by atoms with E-state index in [9.17, 15) is 0 Å². The van der Waals surface area contributed by atoms with E-state index in [1.165, 1.54) is 5.57 Å². The van der Waals surface area contributed by atoms with Crippen LogP contribution < -0.4 is 0 Å². The van der Waals surface area contributed by atoms with Gasteiger partial charge in [0.1, 0.15) is 0 Å². The highest BCUT2D eigenvalue weighted by molar-refractivity contribution is 14.1. The summed E-state index contributed by atoms with van der Waals surface area (Å²) in [6.07, 6.45) is 0. The summed E-state index contributed by atoms with van der Waals surface area (Å²) in [6.45, 7) is 16.0. The zero-order valence-electron chi connectivity index (χ0n) is 9.41. The van der Waals surface area contributed by atoms with Gasteiger partial charge >= 0.3 is 0 Å². The van der Waals surface area contributed by atoms with Crippen molar-refractivity contribution in [2.75, 3.05) is 11.0 Å². The molecule has 0 spiro atoms. The Hall–Kier alpha value is 0.647. The fourth-order valence-electron chi connectivity index (χ4n) is 0.538. The van der Waals surface area contributed by atoms with Gasteiger partial charge in [-0.2, -0.15) is 0 Å². The lowest BCUT2D eigenvalue weighted by Crippen LogP contribution is -2.41. The first-order chi connectivity index (χ1) is 5.70. The quantitative estimate of drug-likeness (QED) is 0.330. The molecule has 78 valence electrons. The summed E-state index contributed by atoms with van der Waals surface area (Å²) in [5.74, 6) is 0. The minimum absolute atomic E-state index is 0.304. The van der Waals surface area contributed by atoms with Crippen LogP contribution >= 0.6 is 22.6 Å². The molecule has 3 heteroatoms. The second kappa shape index (κ2) is 4.93. The van der Waals surface area contributed by atoms with Crippen molar-refractivity contribution in [1.29, 1.82) is 0 Å². The molecule has 1 nitrogen and oxygen atoms in total. The third-order valence-corrected chi connectivity index (χ3v) is 8.19. The van der Waals surface area contributed by atoms with Crippen LogP contribution in [0.4, 0.5) is 0 Å². The van der Waals surface area contributed by atoms with Gasteiger partial charge < -0.3 is 4.43 Å². The van der Waals surface area contributed by atoms with Crippen molar-refractivity contribution in [1.82, 2.24) is 0 Å². The summed E-state index contributed by atoms with van der Waals surface area (Å²) in [5, 5.41) is 0.304. The fraction of sp³-hybridized carbons (Fsp3) is 0.800. The van der Waals surface area contributed by atoms with Crippen molar-refractivity contribution in [3.63, 3.8) is 0 Å². The first kappa shape index (κ1) is 13.6. The summed E-state index contributed by atoms with van der Waals surface area (Å²) >= 11 is 2.32. The summed E-state index contributed by atoms with van der Waals surface area (Å²) in [5.41, 5.74) is 1.19. The molecular formula is C10H21IOSi. The fourth-order valence-corrected chi connectivity index (χ4v) is 1.76. The molecule has 0 N–H and O–H groups in total. The molecule has 0 heterocycles. The zero-order chi connectivity index (χ0) is 10.7. The Morgan fingerprint density at radius 3 is 2.15 bits per heavy atom. The van der Waals surface area contributed by atoms with Gasteiger partial charge in [0, 0.05) is 4.43 Å². The van der Waals surface area contributed by atoms with E-state index in [4.69, 9.17) is 4.43 Å². The first-order valence-electron chi connectivity index (χ1n) is 4.57. The summed E-state index contributed by atoms with van der Waals surface area (Å²) in [4.78, 5) is 0. The van der Waals surface area contributed by atoms with Crippen LogP contribution in [-0.2, 0) is 4.43 Å². The largest absolute Gasteiger partial charge is 0.413 e. The number of hydrogen-bond donors (Lipinski definition) is 0. The van der Waals surface area contributed by atoms with Crippen molar-refractivity contribution in [3.05, 3.63) is 12.2 Å². The van der Waals surface area contributed by atoms with Gasteiger partial charge in [-0.05, 0) is 23.7 Å². The van der Waals surface area contributed by atoms with Crippen molar-refractivity contribution in [2.24, 2.45) is 0 Å². The molecule has 0 radical (unpaired) electrons. The standard InChI is InChI=1S/C10H21IOSi/c1-9(7-11)8-12-13(5,6)10(2,3)4/h1,7-8H2,2-6H3.